The molecule has 0 aliphatic carbocycles. The van der Waals surface area contributed by atoms with E-state index in [0.717, 1.165) is 30.3 Å². The van der Waals surface area contributed by atoms with Crippen LogP contribution in [0.5, 0.6) is 0 Å². The van der Waals surface area contributed by atoms with Crippen LogP contribution < -0.4 is 0 Å². The first-order chi connectivity index (χ1) is 9.51. The maximum absolute atomic E-state index is 10.7. The van der Waals surface area contributed by atoms with Crippen molar-refractivity contribution < 1.29 is 13.0 Å². The number of rotatable bonds is 7. The zero-order valence-corrected chi connectivity index (χ0v) is 12.4. The first kappa shape index (κ1) is 15.0. The SMILES string of the molecule is CCC(CCCCS(=O)(=O)O)n1cnc2ccccc21. The molecule has 1 aromatic heterocycles. The molecule has 110 valence electrons. The number of benzene rings is 1. The first-order valence-electron chi connectivity index (χ1n) is 6.88. The number of hydrogen-bond donors (Lipinski definition) is 1. The van der Waals surface area contributed by atoms with Gasteiger partial charge in [-0.25, -0.2) is 4.98 Å². The van der Waals surface area contributed by atoms with Crippen molar-refractivity contribution in [2.75, 3.05) is 5.75 Å². The molecule has 0 radical (unpaired) electrons. The van der Waals surface area contributed by atoms with Crippen molar-refractivity contribution in [1.82, 2.24) is 9.55 Å². The second kappa shape index (κ2) is 6.37. The molecule has 0 aliphatic heterocycles. The van der Waals surface area contributed by atoms with E-state index in [-0.39, 0.29) is 5.75 Å². The van der Waals surface area contributed by atoms with Crippen molar-refractivity contribution >= 4 is 21.2 Å². The van der Waals surface area contributed by atoms with Gasteiger partial charge in [0.1, 0.15) is 0 Å². The van der Waals surface area contributed by atoms with Gasteiger partial charge in [0.2, 0.25) is 0 Å². The molecule has 5 nitrogen and oxygen atoms in total. The van der Waals surface area contributed by atoms with Gasteiger partial charge in [0.05, 0.1) is 23.1 Å². The monoisotopic (exact) mass is 296 g/mol. The largest absolute Gasteiger partial charge is 0.327 e. The first-order valence-corrected chi connectivity index (χ1v) is 8.49. The van der Waals surface area contributed by atoms with Gasteiger partial charge in [0.25, 0.3) is 10.1 Å². The Morgan fingerprint density at radius 2 is 2.05 bits per heavy atom. The van der Waals surface area contributed by atoms with Gasteiger partial charge < -0.3 is 4.57 Å². The highest BCUT2D eigenvalue weighted by molar-refractivity contribution is 7.85. The minimum absolute atomic E-state index is 0.159. The van der Waals surface area contributed by atoms with Gasteiger partial charge in [-0.3, -0.25) is 4.55 Å². The van der Waals surface area contributed by atoms with Crippen molar-refractivity contribution in [3.63, 3.8) is 0 Å². The molecule has 0 saturated carbocycles. The molecule has 6 heteroatoms. The highest BCUT2D eigenvalue weighted by Gasteiger charge is 2.12. The van der Waals surface area contributed by atoms with Crippen LogP contribution in [0.15, 0.2) is 30.6 Å². The van der Waals surface area contributed by atoms with Crippen molar-refractivity contribution in [2.45, 2.75) is 38.6 Å². The van der Waals surface area contributed by atoms with Crippen LogP contribution in [-0.2, 0) is 10.1 Å². The molecule has 1 heterocycles. The lowest BCUT2D eigenvalue weighted by Gasteiger charge is -2.17. The maximum Gasteiger partial charge on any atom is 0.264 e. The highest BCUT2D eigenvalue weighted by Crippen LogP contribution is 2.24. The molecule has 0 spiro atoms. The second-order valence-electron chi connectivity index (χ2n) is 4.98. The Morgan fingerprint density at radius 1 is 1.30 bits per heavy atom. The van der Waals surface area contributed by atoms with Gasteiger partial charge in [0, 0.05) is 6.04 Å². The lowest BCUT2D eigenvalue weighted by atomic mass is 10.1. The normalized spacial score (nSPS) is 13.7. The third-order valence-corrected chi connectivity index (χ3v) is 4.34. The molecule has 2 aromatic rings. The van der Waals surface area contributed by atoms with E-state index in [1.165, 1.54) is 0 Å². The Bertz CT molecular complexity index is 664. The summed E-state index contributed by atoms with van der Waals surface area (Å²) >= 11 is 0. The van der Waals surface area contributed by atoms with Gasteiger partial charge in [-0.15, -0.1) is 0 Å². The average molecular weight is 296 g/mol. The summed E-state index contributed by atoms with van der Waals surface area (Å²) in [5.41, 5.74) is 2.08. The van der Waals surface area contributed by atoms with Crippen LogP contribution in [0.25, 0.3) is 11.0 Å². The Kier molecular flexibility index (Phi) is 4.77. The molecule has 1 aromatic carbocycles. The van der Waals surface area contributed by atoms with Crippen molar-refractivity contribution in [1.29, 1.82) is 0 Å². The molecule has 0 fully saturated rings. The maximum atomic E-state index is 10.7. The van der Waals surface area contributed by atoms with E-state index in [1.54, 1.807) is 0 Å². The Morgan fingerprint density at radius 3 is 2.75 bits per heavy atom. The van der Waals surface area contributed by atoms with Gasteiger partial charge >= 0.3 is 0 Å². The van der Waals surface area contributed by atoms with E-state index in [2.05, 4.69) is 16.5 Å². The van der Waals surface area contributed by atoms with Gasteiger partial charge in [-0.05, 0) is 31.4 Å². The average Bonchev–Trinajstić information content (AvgIpc) is 2.82. The van der Waals surface area contributed by atoms with Gasteiger partial charge in [-0.2, -0.15) is 8.42 Å². The fourth-order valence-corrected chi connectivity index (χ4v) is 3.04. The fraction of sp³-hybridized carbons (Fsp3) is 0.500. The molecule has 0 aliphatic rings. The van der Waals surface area contributed by atoms with E-state index in [4.69, 9.17) is 4.55 Å². The molecule has 0 bridgehead atoms. The summed E-state index contributed by atoms with van der Waals surface area (Å²) in [7, 11) is -3.84. The van der Waals surface area contributed by atoms with E-state index in [9.17, 15) is 8.42 Å². The summed E-state index contributed by atoms with van der Waals surface area (Å²) in [5.74, 6) is -0.159. The van der Waals surface area contributed by atoms with E-state index >= 15 is 0 Å². The lowest BCUT2D eigenvalue weighted by Crippen LogP contribution is -2.09. The van der Waals surface area contributed by atoms with Crippen LogP contribution in [0.3, 0.4) is 0 Å². The smallest absolute Gasteiger partial charge is 0.264 e. The lowest BCUT2D eigenvalue weighted by molar-refractivity contribution is 0.440. The quantitative estimate of drug-likeness (QED) is 0.629. The summed E-state index contributed by atoms with van der Waals surface area (Å²) in [4.78, 5) is 4.38. The molecular formula is C14H20N2O3S. The third-order valence-electron chi connectivity index (χ3n) is 3.54. The molecule has 2 rings (SSSR count). The standard InChI is InChI=1S/C14H20N2O3S/c1-2-12(7-5-6-10-20(17,18)19)16-11-15-13-8-3-4-9-14(13)16/h3-4,8-9,11-12H,2,5-7,10H2,1H3,(H,17,18,19). The zero-order valence-electron chi connectivity index (χ0n) is 11.6. The minimum atomic E-state index is -3.84. The van der Waals surface area contributed by atoms with Crippen LogP contribution in [0.4, 0.5) is 0 Å². The van der Waals surface area contributed by atoms with E-state index in [1.807, 2.05) is 30.6 Å². The van der Waals surface area contributed by atoms with E-state index in [0.29, 0.717) is 12.5 Å². The van der Waals surface area contributed by atoms with Crippen molar-refractivity contribution in [3.8, 4) is 0 Å². The number of hydrogen-bond acceptors (Lipinski definition) is 3. The molecule has 0 amide bonds. The molecule has 1 N–H and O–H groups in total. The van der Waals surface area contributed by atoms with Crippen molar-refractivity contribution in [2.24, 2.45) is 0 Å². The summed E-state index contributed by atoms with van der Waals surface area (Å²) in [6, 6.07) is 8.29. The predicted molar refractivity (Wildman–Crippen MR) is 79.3 cm³/mol. The van der Waals surface area contributed by atoms with Gasteiger partial charge in [0.15, 0.2) is 0 Å². The number of para-hydroxylation sites is 2. The Hall–Kier alpha value is -1.40. The number of unbranched alkanes of at least 4 members (excludes halogenated alkanes) is 1. The van der Waals surface area contributed by atoms with Crippen LogP contribution in [0, 0.1) is 0 Å². The summed E-state index contributed by atoms with van der Waals surface area (Å²) in [6.45, 7) is 2.11. The Labute approximate surface area is 119 Å². The fourth-order valence-electron chi connectivity index (χ4n) is 2.47. The van der Waals surface area contributed by atoms with Crippen LogP contribution in [-0.4, -0.2) is 28.3 Å². The molecule has 0 saturated heterocycles. The highest BCUT2D eigenvalue weighted by atomic mass is 32.2. The number of fused-ring (bicyclic) bond motifs is 1. The Balaban J connectivity index is 2.01. The molecule has 20 heavy (non-hydrogen) atoms. The minimum Gasteiger partial charge on any atom is -0.327 e. The van der Waals surface area contributed by atoms with Crippen LogP contribution in [0.1, 0.15) is 38.6 Å². The molecular weight excluding hydrogens is 276 g/mol. The number of imidazole rings is 1. The third kappa shape index (κ3) is 3.80. The zero-order chi connectivity index (χ0) is 14.6. The second-order valence-corrected chi connectivity index (χ2v) is 6.56. The number of aromatic nitrogens is 2. The summed E-state index contributed by atoms with van der Waals surface area (Å²) in [6.07, 6.45) is 4.95. The summed E-state index contributed by atoms with van der Waals surface area (Å²) in [5, 5.41) is 0. The van der Waals surface area contributed by atoms with E-state index < -0.39 is 10.1 Å². The summed E-state index contributed by atoms with van der Waals surface area (Å²) < 4.78 is 32.3. The molecule has 1 atom stereocenters. The molecule has 1 unspecified atom stereocenters. The number of nitrogens with zero attached hydrogens (tertiary/aromatic N) is 2. The predicted octanol–water partition coefficient (Wildman–Crippen LogP) is 3.05. The topological polar surface area (TPSA) is 72.2 Å². The van der Waals surface area contributed by atoms with Crippen molar-refractivity contribution in [3.05, 3.63) is 30.6 Å². The van der Waals surface area contributed by atoms with Crippen LogP contribution >= 0.6 is 0 Å². The van der Waals surface area contributed by atoms with Gasteiger partial charge in [-0.1, -0.05) is 25.5 Å². The van der Waals surface area contributed by atoms with Crippen LogP contribution in [0.2, 0.25) is 0 Å².